The van der Waals surface area contributed by atoms with E-state index >= 15 is 0 Å². The molecule has 0 unspecified atom stereocenters. The number of carboxylic acids is 1. The summed E-state index contributed by atoms with van der Waals surface area (Å²) in [5.74, 6) is -0.998. The number of pyridine rings is 1. The molecule has 19 heavy (non-hydrogen) atoms. The van der Waals surface area contributed by atoms with Gasteiger partial charge >= 0.3 is 5.97 Å². The zero-order valence-electron chi connectivity index (χ0n) is 9.20. The lowest BCUT2D eigenvalue weighted by molar-refractivity contribution is 0.0702. The van der Waals surface area contributed by atoms with Gasteiger partial charge in [-0.15, -0.1) is 11.3 Å². The average Bonchev–Trinajstić information content (AvgIpc) is 2.82. The first-order valence-electron chi connectivity index (χ1n) is 4.86. The first-order chi connectivity index (χ1) is 8.88. The number of halogens is 1. The van der Waals surface area contributed by atoms with Crippen molar-refractivity contribution >= 4 is 49.1 Å². The summed E-state index contributed by atoms with van der Waals surface area (Å²) >= 11 is 3.87. The second kappa shape index (κ2) is 5.27. The molecule has 0 bridgehead atoms. The van der Waals surface area contributed by atoms with Crippen LogP contribution in [0.1, 0.15) is 9.67 Å². The molecule has 0 aromatic carbocycles. The Kier molecular flexibility index (Phi) is 3.88. The van der Waals surface area contributed by atoms with Gasteiger partial charge in [0.2, 0.25) is 0 Å². The van der Waals surface area contributed by atoms with Crippen molar-refractivity contribution in [2.45, 2.75) is 4.21 Å². The highest BCUT2D eigenvalue weighted by atomic mass is 79.9. The molecular weight excluding hydrogens is 356 g/mol. The lowest BCUT2D eigenvalue weighted by Crippen LogP contribution is -2.12. The van der Waals surface area contributed by atoms with Crippen LogP contribution in [0.4, 0.5) is 5.82 Å². The molecule has 0 aliphatic rings. The van der Waals surface area contributed by atoms with Gasteiger partial charge in [-0.3, -0.25) is 4.72 Å². The smallest absolute Gasteiger partial charge is 0.345 e. The molecule has 6 nitrogen and oxygen atoms in total. The molecule has 2 rings (SSSR count). The Hall–Kier alpha value is -1.45. The largest absolute Gasteiger partial charge is 0.477 e. The van der Waals surface area contributed by atoms with Gasteiger partial charge in [0.25, 0.3) is 10.0 Å². The van der Waals surface area contributed by atoms with Crippen molar-refractivity contribution in [3.8, 4) is 0 Å². The van der Waals surface area contributed by atoms with Gasteiger partial charge in [0, 0.05) is 10.7 Å². The molecule has 2 N–H and O–H groups in total. The van der Waals surface area contributed by atoms with E-state index in [1.165, 1.54) is 24.4 Å². The first kappa shape index (κ1) is 14.0. The Morgan fingerprint density at radius 2 is 2.05 bits per heavy atom. The third-order valence-corrected chi connectivity index (χ3v) is 5.41. The maximum Gasteiger partial charge on any atom is 0.345 e. The Morgan fingerprint density at radius 1 is 1.32 bits per heavy atom. The molecule has 9 heteroatoms. The summed E-state index contributed by atoms with van der Waals surface area (Å²) in [6, 6.07) is 5.63. The zero-order valence-corrected chi connectivity index (χ0v) is 12.4. The molecule has 0 aliphatic heterocycles. The highest BCUT2D eigenvalue weighted by Gasteiger charge is 2.19. The van der Waals surface area contributed by atoms with Crippen molar-refractivity contribution in [1.29, 1.82) is 0 Å². The quantitative estimate of drug-likeness (QED) is 0.870. The zero-order chi connectivity index (χ0) is 14.0. The number of hydrogen-bond donors (Lipinski definition) is 2. The topological polar surface area (TPSA) is 96.4 Å². The number of nitrogens with zero attached hydrogens (tertiary/aromatic N) is 1. The Morgan fingerprint density at radius 3 is 2.58 bits per heavy atom. The van der Waals surface area contributed by atoms with Gasteiger partial charge in [0.1, 0.15) is 14.9 Å². The lowest BCUT2D eigenvalue weighted by atomic mass is 10.5. The maximum absolute atomic E-state index is 12.0. The van der Waals surface area contributed by atoms with Crippen LogP contribution in [0.25, 0.3) is 0 Å². The van der Waals surface area contributed by atoms with Gasteiger partial charge in [-0.05, 0) is 40.2 Å². The minimum Gasteiger partial charge on any atom is -0.477 e. The first-order valence-corrected chi connectivity index (χ1v) is 7.95. The number of hydrogen-bond acceptors (Lipinski definition) is 5. The van der Waals surface area contributed by atoms with Crippen LogP contribution in [0.5, 0.6) is 0 Å². The van der Waals surface area contributed by atoms with Crippen molar-refractivity contribution in [2.24, 2.45) is 0 Å². The monoisotopic (exact) mass is 362 g/mol. The van der Waals surface area contributed by atoms with Gasteiger partial charge in [-0.25, -0.2) is 18.2 Å². The van der Waals surface area contributed by atoms with Crippen molar-refractivity contribution < 1.29 is 18.3 Å². The van der Waals surface area contributed by atoms with Crippen LogP contribution in [-0.2, 0) is 10.0 Å². The van der Waals surface area contributed by atoms with E-state index in [2.05, 4.69) is 25.6 Å². The van der Waals surface area contributed by atoms with E-state index in [9.17, 15) is 13.2 Å². The number of nitrogens with one attached hydrogen (secondary N) is 1. The van der Waals surface area contributed by atoms with Gasteiger partial charge in [-0.1, -0.05) is 0 Å². The number of aromatic nitrogens is 1. The average molecular weight is 363 g/mol. The minimum absolute atomic E-state index is 0.0378. The number of carbonyl (C=O) groups is 1. The van der Waals surface area contributed by atoms with Crippen LogP contribution in [0, 0.1) is 0 Å². The highest BCUT2D eigenvalue weighted by molar-refractivity contribution is 9.10. The van der Waals surface area contributed by atoms with E-state index in [1.54, 1.807) is 6.07 Å². The molecule has 2 aromatic heterocycles. The van der Waals surface area contributed by atoms with Crippen LogP contribution < -0.4 is 4.72 Å². The Labute approximate surface area is 121 Å². The van der Waals surface area contributed by atoms with E-state index in [4.69, 9.17) is 5.11 Å². The van der Waals surface area contributed by atoms with Gasteiger partial charge in [0.05, 0.1) is 0 Å². The fourth-order valence-corrected chi connectivity index (χ4v) is 3.59. The van der Waals surface area contributed by atoms with Crippen LogP contribution in [-0.4, -0.2) is 24.5 Å². The second-order valence-electron chi connectivity index (χ2n) is 3.39. The van der Waals surface area contributed by atoms with Crippen LogP contribution >= 0.6 is 27.3 Å². The molecule has 0 saturated carbocycles. The van der Waals surface area contributed by atoms with Gasteiger partial charge in [0.15, 0.2) is 0 Å². The van der Waals surface area contributed by atoms with Gasteiger partial charge in [-0.2, -0.15) is 0 Å². The molecule has 0 spiro atoms. The number of thiophene rings is 1. The number of aromatic carboxylic acids is 1. The third-order valence-electron chi connectivity index (χ3n) is 2.02. The Balaban J connectivity index is 2.26. The third kappa shape index (κ3) is 3.31. The second-order valence-corrected chi connectivity index (χ2v) is 7.30. The number of anilines is 1. The fraction of sp³-hybridized carbons (Fsp3) is 0. The fourth-order valence-electron chi connectivity index (χ4n) is 1.20. The molecule has 0 saturated heterocycles. The number of rotatable bonds is 4. The molecule has 0 fully saturated rings. The summed E-state index contributed by atoms with van der Waals surface area (Å²) in [5.41, 5.74) is 0. The standard InChI is InChI=1S/C10H7BrN2O4S2/c11-6-1-3-8(12-5-6)13-19(16,17)9-4-2-7(18-9)10(14)15/h1-5H,(H,12,13)(H,14,15). The number of carboxylic acid groups (broad SMARTS) is 1. The molecular formula is C10H7BrN2O4S2. The van der Waals surface area contributed by atoms with E-state index in [1.807, 2.05) is 0 Å². The predicted molar refractivity (Wildman–Crippen MR) is 74.0 cm³/mol. The molecule has 100 valence electrons. The summed E-state index contributed by atoms with van der Waals surface area (Å²) in [6.45, 7) is 0. The number of sulfonamides is 1. The lowest BCUT2D eigenvalue weighted by Gasteiger charge is -2.04. The van der Waals surface area contributed by atoms with E-state index in [0.717, 1.165) is 4.47 Å². The summed E-state index contributed by atoms with van der Waals surface area (Å²) in [6.07, 6.45) is 1.45. The highest BCUT2D eigenvalue weighted by Crippen LogP contribution is 2.23. The predicted octanol–water partition coefficient (Wildman–Crippen LogP) is 2.40. The molecule has 0 atom stereocenters. The Bertz CT molecular complexity index is 709. The summed E-state index contributed by atoms with van der Waals surface area (Å²) in [7, 11) is -3.81. The molecule has 0 aliphatic carbocycles. The van der Waals surface area contributed by atoms with Crippen LogP contribution in [0.15, 0.2) is 39.1 Å². The van der Waals surface area contributed by atoms with E-state index < -0.39 is 16.0 Å². The minimum atomic E-state index is -3.81. The SMILES string of the molecule is O=C(O)c1ccc(S(=O)(=O)Nc2ccc(Br)cn2)s1. The van der Waals surface area contributed by atoms with Crippen molar-refractivity contribution in [3.05, 3.63) is 39.8 Å². The normalized spacial score (nSPS) is 11.2. The molecule has 0 amide bonds. The summed E-state index contributed by atoms with van der Waals surface area (Å²) in [4.78, 5) is 14.6. The van der Waals surface area contributed by atoms with E-state index in [0.29, 0.717) is 11.3 Å². The maximum atomic E-state index is 12.0. The summed E-state index contributed by atoms with van der Waals surface area (Å²) in [5, 5.41) is 8.76. The molecule has 2 aromatic rings. The molecule has 0 radical (unpaired) electrons. The van der Waals surface area contributed by atoms with Crippen LogP contribution in [0.2, 0.25) is 0 Å². The molecule has 2 heterocycles. The van der Waals surface area contributed by atoms with Crippen molar-refractivity contribution in [3.63, 3.8) is 0 Å². The summed E-state index contributed by atoms with van der Waals surface area (Å²) < 4.78 is 26.9. The van der Waals surface area contributed by atoms with Crippen LogP contribution in [0.3, 0.4) is 0 Å². The van der Waals surface area contributed by atoms with E-state index in [-0.39, 0.29) is 14.9 Å². The van der Waals surface area contributed by atoms with Crippen molar-refractivity contribution in [2.75, 3.05) is 4.72 Å². The van der Waals surface area contributed by atoms with Gasteiger partial charge < -0.3 is 5.11 Å². The van der Waals surface area contributed by atoms with Crippen molar-refractivity contribution in [1.82, 2.24) is 4.98 Å².